The van der Waals surface area contributed by atoms with Crippen molar-refractivity contribution in [2.75, 3.05) is 37.7 Å². The third-order valence-corrected chi connectivity index (χ3v) is 12.2. The number of unbranched alkanes of at least 4 members (excludes halogenated alkanes) is 2. The number of hydrogen-bond acceptors (Lipinski definition) is 9. The van der Waals surface area contributed by atoms with Crippen LogP contribution in [-0.4, -0.2) is 82.4 Å². The van der Waals surface area contributed by atoms with Crippen LogP contribution in [0.2, 0.25) is 0 Å². The van der Waals surface area contributed by atoms with Crippen LogP contribution in [0.25, 0.3) is 32.9 Å². The molecular weight excluding hydrogens is 706 g/mol. The average molecular weight is 755 g/mol. The molecule has 0 saturated carbocycles. The Kier molecular flexibility index (Phi) is 10.6. The number of alkyl halides is 1. The van der Waals surface area contributed by atoms with E-state index in [9.17, 15) is 9.18 Å². The van der Waals surface area contributed by atoms with E-state index in [1.54, 1.807) is 18.3 Å². The molecule has 12 heteroatoms. The molecule has 2 bridgehead atoms. The SMILES string of the molecule is C#Cc1c(F)ccc2cc(OC(=O)C(CCCC)CCCC)cc(-c3ncc4c(N5CC6CCC(C5)N6)nc(OC[C@@]56CCCN5C[C@H](F)C6)nc4c3F)c12. The summed E-state index contributed by atoms with van der Waals surface area (Å²) < 4.78 is 59.7. The number of nitrogens with zero attached hydrogens (tertiary/aromatic N) is 5. The first-order valence-electron chi connectivity index (χ1n) is 20.0. The molecule has 0 amide bonds. The minimum atomic E-state index is -0.930. The lowest BCUT2D eigenvalue weighted by molar-refractivity contribution is -0.139. The van der Waals surface area contributed by atoms with Crippen LogP contribution in [0.15, 0.2) is 30.5 Å². The third kappa shape index (κ3) is 7.22. The average Bonchev–Trinajstić information content (AvgIpc) is 3.83. The van der Waals surface area contributed by atoms with E-state index in [2.05, 4.69) is 44.9 Å². The summed E-state index contributed by atoms with van der Waals surface area (Å²) in [6.45, 7) is 6.88. The van der Waals surface area contributed by atoms with E-state index in [-0.39, 0.29) is 70.1 Å². The van der Waals surface area contributed by atoms with E-state index in [1.165, 1.54) is 12.1 Å². The number of benzene rings is 2. The lowest BCUT2D eigenvalue weighted by Gasteiger charge is -2.34. The first kappa shape index (κ1) is 37.5. The topological polar surface area (TPSA) is 92.7 Å². The number of ether oxygens (including phenoxy) is 2. The Morgan fingerprint density at radius 3 is 2.58 bits per heavy atom. The molecule has 9 nitrogen and oxygen atoms in total. The number of esters is 1. The molecule has 6 heterocycles. The Morgan fingerprint density at radius 1 is 1.09 bits per heavy atom. The van der Waals surface area contributed by atoms with Gasteiger partial charge in [-0.2, -0.15) is 9.97 Å². The highest BCUT2D eigenvalue weighted by Crippen LogP contribution is 2.42. The van der Waals surface area contributed by atoms with Crippen LogP contribution in [0.1, 0.15) is 90.0 Å². The fourth-order valence-electron chi connectivity index (χ4n) is 9.41. The predicted octanol–water partition coefficient (Wildman–Crippen LogP) is 7.90. The van der Waals surface area contributed by atoms with Gasteiger partial charge in [0, 0.05) is 55.3 Å². The second-order valence-electron chi connectivity index (χ2n) is 16.0. The van der Waals surface area contributed by atoms with Crippen LogP contribution in [0.3, 0.4) is 0 Å². The summed E-state index contributed by atoms with van der Waals surface area (Å²) in [6.07, 6.45) is 15.8. The summed E-state index contributed by atoms with van der Waals surface area (Å²) in [5, 5.41) is 4.79. The molecular formula is C43H49F3N6O3. The van der Waals surface area contributed by atoms with Crippen molar-refractivity contribution in [2.24, 2.45) is 5.92 Å². The number of piperazine rings is 1. The summed E-state index contributed by atoms with van der Waals surface area (Å²) in [6, 6.07) is 6.49. The molecule has 4 fully saturated rings. The number of pyridine rings is 1. The number of fused-ring (bicyclic) bond motifs is 5. The minimum absolute atomic E-state index is 0.000982. The van der Waals surface area contributed by atoms with Crippen molar-refractivity contribution in [3.63, 3.8) is 0 Å². The first-order valence-corrected chi connectivity index (χ1v) is 20.0. The zero-order valence-corrected chi connectivity index (χ0v) is 31.7. The van der Waals surface area contributed by atoms with Gasteiger partial charge in [0.2, 0.25) is 0 Å². The van der Waals surface area contributed by atoms with Crippen molar-refractivity contribution in [3.05, 3.63) is 47.7 Å². The smallest absolute Gasteiger partial charge is 0.319 e. The normalized spacial score (nSPS) is 23.5. The van der Waals surface area contributed by atoms with E-state index >= 15 is 8.78 Å². The molecule has 0 radical (unpaired) electrons. The maximum absolute atomic E-state index is 17.4. The number of aromatic nitrogens is 3. The molecule has 2 aromatic heterocycles. The molecule has 1 N–H and O–H groups in total. The molecule has 4 saturated heterocycles. The van der Waals surface area contributed by atoms with Gasteiger partial charge in [0.15, 0.2) is 5.82 Å². The number of carbonyl (C=O) groups is 1. The summed E-state index contributed by atoms with van der Waals surface area (Å²) >= 11 is 0. The number of hydrogen-bond donors (Lipinski definition) is 1. The number of carbonyl (C=O) groups excluding carboxylic acids is 1. The Bertz CT molecular complexity index is 2120. The van der Waals surface area contributed by atoms with Gasteiger partial charge in [0.25, 0.3) is 0 Å². The van der Waals surface area contributed by atoms with Gasteiger partial charge in [0.1, 0.15) is 41.4 Å². The second kappa shape index (κ2) is 15.6. The maximum Gasteiger partial charge on any atom is 0.319 e. The highest BCUT2D eigenvalue weighted by molar-refractivity contribution is 6.03. The van der Waals surface area contributed by atoms with E-state index in [0.29, 0.717) is 55.5 Å². The summed E-state index contributed by atoms with van der Waals surface area (Å²) in [5.74, 6) is 1.10. The molecule has 8 rings (SSSR count). The van der Waals surface area contributed by atoms with Crippen molar-refractivity contribution < 1.29 is 27.4 Å². The quantitative estimate of drug-likeness (QED) is 0.0831. The van der Waals surface area contributed by atoms with Crippen molar-refractivity contribution in [3.8, 4) is 35.4 Å². The number of anilines is 1. The van der Waals surface area contributed by atoms with Crippen molar-refractivity contribution in [1.82, 2.24) is 25.2 Å². The molecule has 0 spiro atoms. The molecule has 4 aliphatic heterocycles. The lowest BCUT2D eigenvalue weighted by atomic mass is 9.95. The minimum Gasteiger partial charge on any atom is -0.461 e. The van der Waals surface area contributed by atoms with Gasteiger partial charge < -0.3 is 19.7 Å². The predicted molar refractivity (Wildman–Crippen MR) is 207 cm³/mol. The van der Waals surface area contributed by atoms with Crippen LogP contribution >= 0.6 is 0 Å². The number of nitrogens with one attached hydrogen (secondary N) is 1. The second-order valence-corrected chi connectivity index (χ2v) is 16.0. The molecule has 4 aliphatic rings. The van der Waals surface area contributed by atoms with Gasteiger partial charge in [-0.05, 0) is 68.7 Å². The van der Waals surface area contributed by atoms with Crippen molar-refractivity contribution in [1.29, 1.82) is 0 Å². The summed E-state index contributed by atoms with van der Waals surface area (Å²) in [5.41, 5.74) is -0.471. The fraction of sp³-hybridized carbons (Fsp3) is 0.535. The molecule has 55 heavy (non-hydrogen) atoms. The van der Waals surface area contributed by atoms with Crippen molar-refractivity contribution in [2.45, 2.75) is 108 Å². The van der Waals surface area contributed by atoms with Gasteiger partial charge in [-0.15, -0.1) is 6.42 Å². The van der Waals surface area contributed by atoms with Crippen molar-refractivity contribution >= 4 is 33.5 Å². The standard InChI is InChI=1S/C43H49F3N6O3/c1-4-7-10-26(11-8-5-2)41(53)55-31-18-27-12-15-35(45)32(6-3)36(27)33(19-31)38-37(46)39-34(21-47-38)40(51-23-29-13-14-30(24-51)48-29)50-42(49-39)54-25-43-16-9-17-52(43)22-28(44)20-43/h3,12,15,18-19,21,26,28-30,48H,4-5,7-11,13-14,16-17,20,22-25H2,1-2H3/t28-,29?,30?,43+/m1/s1. The molecule has 2 unspecified atom stereocenters. The fourth-order valence-corrected chi connectivity index (χ4v) is 9.41. The highest BCUT2D eigenvalue weighted by atomic mass is 19.1. The Labute approximate surface area is 320 Å². The van der Waals surface area contributed by atoms with Gasteiger partial charge in [0.05, 0.1) is 22.4 Å². The van der Waals surface area contributed by atoms with Crippen LogP contribution in [0, 0.1) is 29.9 Å². The third-order valence-electron chi connectivity index (χ3n) is 12.2. The van der Waals surface area contributed by atoms with Gasteiger partial charge in [-0.25, -0.2) is 13.2 Å². The monoisotopic (exact) mass is 754 g/mol. The molecule has 4 aromatic rings. The number of halogens is 3. The molecule has 4 atom stereocenters. The highest BCUT2D eigenvalue weighted by Gasteiger charge is 2.49. The van der Waals surface area contributed by atoms with E-state index in [4.69, 9.17) is 20.9 Å². The van der Waals surface area contributed by atoms with E-state index in [1.807, 2.05) is 0 Å². The molecule has 0 aliphatic carbocycles. The maximum atomic E-state index is 17.4. The Morgan fingerprint density at radius 2 is 1.85 bits per heavy atom. The largest absolute Gasteiger partial charge is 0.461 e. The Balaban J connectivity index is 1.23. The number of rotatable bonds is 13. The van der Waals surface area contributed by atoms with E-state index in [0.717, 1.165) is 57.9 Å². The Hall–Kier alpha value is -4.47. The zero-order valence-electron chi connectivity index (χ0n) is 31.7. The molecule has 2 aromatic carbocycles. The van der Waals surface area contributed by atoms with Gasteiger partial charge >= 0.3 is 12.0 Å². The number of terminal acetylenes is 1. The lowest BCUT2D eigenvalue weighted by Crippen LogP contribution is -2.51. The first-order chi connectivity index (χ1) is 26.7. The molecule has 290 valence electrons. The van der Waals surface area contributed by atoms with Crippen LogP contribution in [0.4, 0.5) is 19.0 Å². The van der Waals surface area contributed by atoms with Gasteiger partial charge in [-0.1, -0.05) is 51.5 Å². The van der Waals surface area contributed by atoms with Gasteiger partial charge in [-0.3, -0.25) is 14.7 Å². The zero-order chi connectivity index (χ0) is 38.3. The summed E-state index contributed by atoms with van der Waals surface area (Å²) in [7, 11) is 0. The summed E-state index contributed by atoms with van der Waals surface area (Å²) in [4.78, 5) is 32.0. The van der Waals surface area contributed by atoms with E-state index < -0.39 is 23.3 Å². The van der Waals surface area contributed by atoms with Crippen LogP contribution in [-0.2, 0) is 4.79 Å². The van der Waals surface area contributed by atoms with Crippen LogP contribution in [0.5, 0.6) is 11.8 Å². The van der Waals surface area contributed by atoms with Crippen LogP contribution < -0.4 is 19.7 Å².